The molecule has 0 spiro atoms. The molecule has 0 bridgehead atoms. The minimum Gasteiger partial charge on any atom is -0.395 e. The van der Waals surface area contributed by atoms with Gasteiger partial charge in [0.15, 0.2) is 0 Å². The van der Waals surface area contributed by atoms with Gasteiger partial charge >= 0.3 is 0 Å². The molecule has 2 aromatic rings. The van der Waals surface area contributed by atoms with Crippen molar-refractivity contribution in [1.82, 2.24) is 0 Å². The lowest BCUT2D eigenvalue weighted by Crippen LogP contribution is -2.26. The largest absolute Gasteiger partial charge is 0.395 e. The van der Waals surface area contributed by atoms with Crippen molar-refractivity contribution in [2.45, 2.75) is 82.3 Å². The topological polar surface area (TPSA) is 49.7 Å². The van der Waals surface area contributed by atoms with Gasteiger partial charge in [0.2, 0.25) is 0 Å². The third kappa shape index (κ3) is 7.23. The van der Waals surface area contributed by atoms with Gasteiger partial charge in [0.05, 0.1) is 18.3 Å². The standard InChI is InChI=1S/C27H40O3/c1-26(22-28,23-14-6-4-7-15-23)20-12-10-18-25(29)19-11-13-21-27(2,30-3)24-16-8-5-9-17-24/h4-9,14-17,25,28-29H,10-13,18-22H2,1-3H3. The quantitative estimate of drug-likeness (QED) is 0.375. The van der Waals surface area contributed by atoms with Crippen LogP contribution in [-0.2, 0) is 15.8 Å². The summed E-state index contributed by atoms with van der Waals surface area (Å²) in [5.74, 6) is 0. The fraction of sp³-hybridized carbons (Fsp3) is 0.556. The van der Waals surface area contributed by atoms with E-state index in [-0.39, 0.29) is 23.7 Å². The first kappa shape index (κ1) is 24.6. The summed E-state index contributed by atoms with van der Waals surface area (Å²) in [6.07, 6.45) is 7.35. The third-order valence-electron chi connectivity index (χ3n) is 6.61. The lowest BCUT2D eigenvalue weighted by molar-refractivity contribution is -0.00830. The third-order valence-corrected chi connectivity index (χ3v) is 6.61. The second-order valence-corrected chi connectivity index (χ2v) is 9.03. The van der Waals surface area contributed by atoms with Crippen LogP contribution in [0.15, 0.2) is 60.7 Å². The summed E-state index contributed by atoms with van der Waals surface area (Å²) in [6.45, 7) is 4.42. The fourth-order valence-corrected chi connectivity index (χ4v) is 4.19. The average Bonchev–Trinajstić information content (AvgIpc) is 2.80. The van der Waals surface area contributed by atoms with E-state index in [1.54, 1.807) is 7.11 Å². The summed E-state index contributed by atoms with van der Waals surface area (Å²) in [4.78, 5) is 0. The average molecular weight is 413 g/mol. The predicted octanol–water partition coefficient (Wildman–Crippen LogP) is 5.98. The number of benzene rings is 2. The lowest BCUT2D eigenvalue weighted by atomic mass is 9.78. The second kappa shape index (κ2) is 12.2. The molecule has 3 nitrogen and oxygen atoms in total. The van der Waals surface area contributed by atoms with Crippen LogP contribution in [0, 0.1) is 0 Å². The molecule has 3 heteroatoms. The van der Waals surface area contributed by atoms with Crippen molar-refractivity contribution in [2.75, 3.05) is 13.7 Å². The molecule has 166 valence electrons. The van der Waals surface area contributed by atoms with Crippen LogP contribution < -0.4 is 0 Å². The Kier molecular flexibility index (Phi) is 10.0. The molecular weight excluding hydrogens is 372 g/mol. The van der Waals surface area contributed by atoms with Gasteiger partial charge in [-0.3, -0.25) is 0 Å². The van der Waals surface area contributed by atoms with E-state index in [0.717, 1.165) is 51.4 Å². The number of rotatable bonds is 14. The fourth-order valence-electron chi connectivity index (χ4n) is 4.19. The van der Waals surface area contributed by atoms with Gasteiger partial charge in [-0.05, 0) is 43.7 Å². The van der Waals surface area contributed by atoms with Crippen LogP contribution in [0.25, 0.3) is 0 Å². The van der Waals surface area contributed by atoms with Crippen LogP contribution in [0.3, 0.4) is 0 Å². The summed E-state index contributed by atoms with van der Waals surface area (Å²) in [7, 11) is 1.78. The molecule has 3 atom stereocenters. The first-order valence-electron chi connectivity index (χ1n) is 11.4. The number of hydrogen-bond donors (Lipinski definition) is 2. The van der Waals surface area contributed by atoms with Crippen molar-refractivity contribution in [3.8, 4) is 0 Å². The monoisotopic (exact) mass is 412 g/mol. The van der Waals surface area contributed by atoms with Gasteiger partial charge in [-0.25, -0.2) is 0 Å². The lowest BCUT2D eigenvalue weighted by Gasteiger charge is -2.29. The van der Waals surface area contributed by atoms with E-state index in [9.17, 15) is 10.2 Å². The van der Waals surface area contributed by atoms with E-state index in [1.165, 1.54) is 11.1 Å². The molecular formula is C27H40O3. The molecule has 0 heterocycles. The van der Waals surface area contributed by atoms with E-state index >= 15 is 0 Å². The molecule has 30 heavy (non-hydrogen) atoms. The van der Waals surface area contributed by atoms with Crippen LogP contribution in [-0.4, -0.2) is 30.0 Å². The van der Waals surface area contributed by atoms with Crippen molar-refractivity contribution in [3.05, 3.63) is 71.8 Å². The molecule has 0 fully saturated rings. The Labute approximate surface area is 183 Å². The van der Waals surface area contributed by atoms with Crippen molar-refractivity contribution >= 4 is 0 Å². The normalized spacial score (nSPS) is 16.6. The second-order valence-electron chi connectivity index (χ2n) is 9.03. The van der Waals surface area contributed by atoms with Crippen molar-refractivity contribution in [3.63, 3.8) is 0 Å². The molecule has 2 aromatic carbocycles. The Morgan fingerprint density at radius 3 is 1.77 bits per heavy atom. The highest BCUT2D eigenvalue weighted by Crippen LogP contribution is 2.31. The molecule has 0 aliphatic carbocycles. The molecule has 0 aliphatic rings. The molecule has 0 saturated carbocycles. The highest BCUT2D eigenvalue weighted by atomic mass is 16.5. The van der Waals surface area contributed by atoms with E-state index < -0.39 is 0 Å². The Morgan fingerprint density at radius 2 is 1.27 bits per heavy atom. The van der Waals surface area contributed by atoms with E-state index in [2.05, 4.69) is 50.2 Å². The van der Waals surface area contributed by atoms with Crippen molar-refractivity contribution in [2.24, 2.45) is 0 Å². The zero-order chi connectivity index (χ0) is 21.9. The van der Waals surface area contributed by atoms with Gasteiger partial charge < -0.3 is 14.9 Å². The van der Waals surface area contributed by atoms with Crippen molar-refractivity contribution in [1.29, 1.82) is 0 Å². The van der Waals surface area contributed by atoms with Crippen LogP contribution in [0.2, 0.25) is 0 Å². The van der Waals surface area contributed by atoms with Gasteiger partial charge in [-0.15, -0.1) is 0 Å². The first-order chi connectivity index (χ1) is 14.4. The SMILES string of the molecule is COC(C)(CCCCC(O)CCCCC(C)(CO)c1ccccc1)c1ccccc1. The highest BCUT2D eigenvalue weighted by Gasteiger charge is 2.26. The molecule has 0 amide bonds. The minimum atomic E-state index is -0.265. The number of hydrogen-bond acceptors (Lipinski definition) is 3. The Morgan fingerprint density at radius 1 is 0.767 bits per heavy atom. The number of methoxy groups -OCH3 is 1. The number of unbranched alkanes of at least 4 members (excludes halogenated alkanes) is 2. The van der Waals surface area contributed by atoms with Gasteiger partial charge in [-0.1, -0.05) is 93.3 Å². The molecule has 0 aromatic heterocycles. The molecule has 0 aliphatic heterocycles. The number of aliphatic hydroxyl groups excluding tert-OH is 2. The summed E-state index contributed by atoms with van der Waals surface area (Å²) in [5, 5.41) is 20.3. The predicted molar refractivity (Wildman–Crippen MR) is 125 cm³/mol. The van der Waals surface area contributed by atoms with Gasteiger partial charge in [0.1, 0.15) is 0 Å². The first-order valence-corrected chi connectivity index (χ1v) is 11.4. The van der Waals surface area contributed by atoms with E-state index in [0.29, 0.717) is 0 Å². The summed E-state index contributed by atoms with van der Waals surface area (Å²) < 4.78 is 5.81. The maximum Gasteiger partial charge on any atom is 0.0899 e. The molecule has 3 unspecified atom stereocenters. The summed E-state index contributed by atoms with van der Waals surface area (Å²) in [6, 6.07) is 20.6. The van der Waals surface area contributed by atoms with Crippen molar-refractivity contribution < 1.29 is 14.9 Å². The van der Waals surface area contributed by atoms with Crippen LogP contribution in [0.4, 0.5) is 0 Å². The van der Waals surface area contributed by atoms with Gasteiger partial charge in [-0.2, -0.15) is 0 Å². The molecule has 0 saturated heterocycles. The Balaban J connectivity index is 1.66. The highest BCUT2D eigenvalue weighted by molar-refractivity contribution is 5.24. The van der Waals surface area contributed by atoms with Gasteiger partial charge in [0.25, 0.3) is 0 Å². The molecule has 2 N–H and O–H groups in total. The zero-order valence-electron chi connectivity index (χ0n) is 19.0. The minimum absolute atomic E-state index is 0.152. The van der Waals surface area contributed by atoms with Gasteiger partial charge in [0, 0.05) is 12.5 Å². The zero-order valence-corrected chi connectivity index (χ0v) is 19.0. The smallest absolute Gasteiger partial charge is 0.0899 e. The number of ether oxygens (including phenoxy) is 1. The number of aliphatic hydroxyl groups is 2. The van der Waals surface area contributed by atoms with Crippen LogP contribution in [0.5, 0.6) is 0 Å². The Hall–Kier alpha value is -1.68. The molecule has 0 radical (unpaired) electrons. The summed E-state index contributed by atoms with van der Waals surface area (Å²) >= 11 is 0. The van der Waals surface area contributed by atoms with Crippen LogP contribution in [0.1, 0.15) is 76.3 Å². The van der Waals surface area contributed by atoms with Crippen LogP contribution >= 0.6 is 0 Å². The molecule has 2 rings (SSSR count). The maximum atomic E-state index is 10.4. The van der Waals surface area contributed by atoms with E-state index in [1.807, 2.05) is 24.3 Å². The Bertz CT molecular complexity index is 641. The maximum absolute atomic E-state index is 10.4. The van der Waals surface area contributed by atoms with E-state index in [4.69, 9.17) is 4.74 Å². The summed E-state index contributed by atoms with van der Waals surface area (Å²) in [5.41, 5.74) is 1.93.